The molecule has 1 aliphatic rings. The minimum absolute atomic E-state index is 0.176. The molecule has 1 aliphatic heterocycles. The Morgan fingerprint density at radius 2 is 1.43 bits per heavy atom. The van der Waals surface area contributed by atoms with Crippen LogP contribution in [0.3, 0.4) is 0 Å². The molecule has 2 aromatic carbocycles. The van der Waals surface area contributed by atoms with Crippen molar-refractivity contribution < 1.29 is 4.79 Å². The number of aliphatic imine (C=N–C) groups is 1. The van der Waals surface area contributed by atoms with Gasteiger partial charge >= 0.3 is 0 Å². The van der Waals surface area contributed by atoms with Crippen LogP contribution in [0.15, 0.2) is 75.6 Å². The summed E-state index contributed by atoms with van der Waals surface area (Å²) in [5.41, 5.74) is 2.66. The van der Waals surface area contributed by atoms with E-state index < -0.39 is 0 Å². The van der Waals surface area contributed by atoms with Crippen LogP contribution in [-0.2, 0) is 11.8 Å². The SMILES string of the molecule is CC1=NN(c2ccccc2)C(=O)C1=Nc1c(C)n(C)n(-c2ccccc2)c1=O. The maximum Gasteiger partial charge on any atom is 0.299 e. The molecular formula is C21H19N5O2. The number of rotatable bonds is 3. The molecule has 4 rings (SSSR count). The van der Waals surface area contributed by atoms with E-state index >= 15 is 0 Å². The number of carbonyl (C=O) groups is 1. The maximum absolute atomic E-state index is 13.0. The number of hydrogen-bond donors (Lipinski definition) is 0. The molecule has 7 heteroatoms. The minimum atomic E-state index is -0.349. The first-order valence-corrected chi connectivity index (χ1v) is 8.87. The second-order valence-electron chi connectivity index (χ2n) is 6.51. The molecule has 0 atom stereocenters. The molecule has 28 heavy (non-hydrogen) atoms. The maximum atomic E-state index is 13.0. The summed E-state index contributed by atoms with van der Waals surface area (Å²) >= 11 is 0. The van der Waals surface area contributed by atoms with Crippen molar-refractivity contribution in [3.63, 3.8) is 0 Å². The van der Waals surface area contributed by atoms with E-state index in [1.807, 2.05) is 48.5 Å². The number of carbonyl (C=O) groups excluding carboxylic acids is 1. The van der Waals surface area contributed by atoms with Gasteiger partial charge in [-0.3, -0.25) is 14.3 Å². The monoisotopic (exact) mass is 373 g/mol. The lowest BCUT2D eigenvalue weighted by Gasteiger charge is -2.10. The number of amides is 1. The molecule has 0 unspecified atom stereocenters. The molecule has 0 bridgehead atoms. The standard InChI is InChI=1S/C21H19N5O2/c1-14-18(20(27)25(23-14)16-10-6-4-7-11-16)22-19-15(2)24(3)26(21(19)28)17-12-8-5-9-13-17/h4-13H,1-3H3. The summed E-state index contributed by atoms with van der Waals surface area (Å²) in [4.78, 5) is 30.3. The van der Waals surface area contributed by atoms with Gasteiger partial charge in [0.15, 0.2) is 11.4 Å². The molecule has 0 aliphatic carbocycles. The topological polar surface area (TPSA) is 72.0 Å². The summed E-state index contributed by atoms with van der Waals surface area (Å²) in [6, 6.07) is 18.5. The molecule has 3 aromatic rings. The zero-order chi connectivity index (χ0) is 19.8. The fourth-order valence-corrected chi connectivity index (χ4v) is 3.17. The summed E-state index contributed by atoms with van der Waals surface area (Å²) in [6.07, 6.45) is 0. The number of para-hydroxylation sites is 2. The van der Waals surface area contributed by atoms with Gasteiger partial charge in [-0.15, -0.1) is 0 Å². The number of anilines is 1. The van der Waals surface area contributed by atoms with Gasteiger partial charge in [-0.1, -0.05) is 36.4 Å². The Kier molecular flexibility index (Phi) is 4.27. The van der Waals surface area contributed by atoms with Crippen LogP contribution in [0.2, 0.25) is 0 Å². The lowest BCUT2D eigenvalue weighted by Crippen LogP contribution is -2.27. The van der Waals surface area contributed by atoms with Gasteiger partial charge in [-0.2, -0.15) is 10.1 Å². The first-order chi connectivity index (χ1) is 13.5. The van der Waals surface area contributed by atoms with Crippen molar-refractivity contribution in [2.45, 2.75) is 13.8 Å². The lowest BCUT2D eigenvalue weighted by atomic mass is 10.2. The average Bonchev–Trinajstić information content (AvgIpc) is 3.11. The van der Waals surface area contributed by atoms with E-state index in [0.717, 1.165) is 5.69 Å². The Morgan fingerprint density at radius 1 is 0.857 bits per heavy atom. The highest BCUT2D eigenvalue weighted by Crippen LogP contribution is 2.22. The van der Waals surface area contributed by atoms with Gasteiger partial charge in [0.05, 0.1) is 22.8 Å². The van der Waals surface area contributed by atoms with Crippen LogP contribution in [0.4, 0.5) is 11.4 Å². The van der Waals surface area contributed by atoms with Crippen molar-refractivity contribution in [1.29, 1.82) is 0 Å². The molecule has 0 spiro atoms. The predicted molar refractivity (Wildman–Crippen MR) is 110 cm³/mol. The minimum Gasteiger partial charge on any atom is -0.283 e. The van der Waals surface area contributed by atoms with Crippen molar-refractivity contribution in [1.82, 2.24) is 9.36 Å². The Labute approximate surface area is 161 Å². The van der Waals surface area contributed by atoms with Gasteiger partial charge in [0.2, 0.25) is 0 Å². The highest BCUT2D eigenvalue weighted by molar-refractivity contribution is 6.71. The third-order valence-corrected chi connectivity index (χ3v) is 4.74. The molecule has 2 heterocycles. The molecule has 0 fully saturated rings. The second kappa shape index (κ2) is 6.77. The Bertz CT molecular complexity index is 1170. The first-order valence-electron chi connectivity index (χ1n) is 8.87. The average molecular weight is 373 g/mol. The smallest absolute Gasteiger partial charge is 0.283 e. The van der Waals surface area contributed by atoms with E-state index in [2.05, 4.69) is 10.1 Å². The second-order valence-corrected chi connectivity index (χ2v) is 6.51. The van der Waals surface area contributed by atoms with Gasteiger partial charge in [0, 0.05) is 7.05 Å². The summed E-state index contributed by atoms with van der Waals surface area (Å²) in [5.74, 6) is -0.349. The summed E-state index contributed by atoms with van der Waals surface area (Å²) in [6.45, 7) is 3.52. The van der Waals surface area contributed by atoms with E-state index in [9.17, 15) is 9.59 Å². The van der Waals surface area contributed by atoms with E-state index in [1.165, 1.54) is 9.69 Å². The van der Waals surface area contributed by atoms with Crippen LogP contribution < -0.4 is 10.6 Å². The Morgan fingerprint density at radius 3 is 2.04 bits per heavy atom. The van der Waals surface area contributed by atoms with Crippen LogP contribution in [0.5, 0.6) is 0 Å². The first kappa shape index (κ1) is 17.7. The molecule has 140 valence electrons. The van der Waals surface area contributed by atoms with Crippen molar-refractivity contribution in [3.8, 4) is 5.69 Å². The molecule has 0 saturated heterocycles. The highest BCUT2D eigenvalue weighted by Gasteiger charge is 2.31. The van der Waals surface area contributed by atoms with Gasteiger partial charge in [0.25, 0.3) is 11.5 Å². The van der Waals surface area contributed by atoms with Crippen molar-refractivity contribution in [2.24, 2.45) is 17.1 Å². The highest BCUT2D eigenvalue weighted by atomic mass is 16.2. The normalized spacial score (nSPS) is 15.4. The van der Waals surface area contributed by atoms with Crippen LogP contribution in [-0.4, -0.2) is 26.7 Å². The summed E-state index contributed by atoms with van der Waals surface area (Å²) in [5, 5.41) is 5.63. The third-order valence-electron chi connectivity index (χ3n) is 4.74. The zero-order valence-corrected chi connectivity index (χ0v) is 15.8. The van der Waals surface area contributed by atoms with E-state index in [1.54, 1.807) is 37.7 Å². The van der Waals surface area contributed by atoms with E-state index in [-0.39, 0.29) is 22.9 Å². The number of benzene rings is 2. The van der Waals surface area contributed by atoms with Gasteiger partial charge in [-0.25, -0.2) is 9.67 Å². The lowest BCUT2D eigenvalue weighted by molar-refractivity contribution is -0.112. The summed E-state index contributed by atoms with van der Waals surface area (Å²) < 4.78 is 3.27. The Balaban J connectivity index is 1.80. The number of hydrogen-bond acceptors (Lipinski definition) is 4. The molecule has 1 amide bonds. The predicted octanol–water partition coefficient (Wildman–Crippen LogP) is 2.98. The van der Waals surface area contributed by atoms with Gasteiger partial charge < -0.3 is 0 Å². The molecular weight excluding hydrogens is 354 g/mol. The molecule has 0 N–H and O–H groups in total. The number of aromatic nitrogens is 2. The molecule has 7 nitrogen and oxygen atoms in total. The quantitative estimate of drug-likeness (QED) is 0.708. The number of nitrogens with zero attached hydrogens (tertiary/aromatic N) is 5. The zero-order valence-electron chi connectivity index (χ0n) is 15.8. The Hall–Kier alpha value is -3.74. The van der Waals surface area contributed by atoms with Gasteiger partial charge in [-0.05, 0) is 38.1 Å². The molecule has 1 aromatic heterocycles. The third kappa shape index (κ3) is 2.77. The van der Waals surface area contributed by atoms with Crippen LogP contribution in [0.1, 0.15) is 12.6 Å². The van der Waals surface area contributed by atoms with Crippen LogP contribution >= 0.6 is 0 Å². The van der Waals surface area contributed by atoms with Crippen LogP contribution in [0, 0.1) is 6.92 Å². The van der Waals surface area contributed by atoms with E-state index in [4.69, 9.17) is 0 Å². The fourth-order valence-electron chi connectivity index (χ4n) is 3.17. The molecule has 0 saturated carbocycles. The van der Waals surface area contributed by atoms with Gasteiger partial charge in [0.1, 0.15) is 0 Å². The molecule has 0 radical (unpaired) electrons. The van der Waals surface area contributed by atoms with Crippen molar-refractivity contribution >= 4 is 28.7 Å². The van der Waals surface area contributed by atoms with Crippen molar-refractivity contribution in [2.75, 3.05) is 5.01 Å². The fraction of sp³-hybridized carbons (Fsp3) is 0.143. The van der Waals surface area contributed by atoms with E-state index in [0.29, 0.717) is 17.1 Å². The van der Waals surface area contributed by atoms with Crippen LogP contribution in [0.25, 0.3) is 5.69 Å². The summed E-state index contributed by atoms with van der Waals surface area (Å²) in [7, 11) is 1.79. The van der Waals surface area contributed by atoms with Crippen molar-refractivity contribution in [3.05, 3.63) is 76.7 Å². The number of hydrazone groups is 1. The largest absolute Gasteiger partial charge is 0.299 e.